The van der Waals surface area contributed by atoms with Crippen LogP contribution in [0.3, 0.4) is 0 Å². The number of rotatable bonds is 11. The Morgan fingerprint density at radius 3 is 1.12 bits per heavy atom. The first kappa shape index (κ1) is 56.3. The molecule has 0 N–H and O–H groups in total. The second kappa shape index (κ2) is 23.3. The molecule has 4 aliphatic heterocycles. The van der Waals surface area contributed by atoms with E-state index < -0.39 is 0 Å². The molecule has 0 aliphatic carbocycles. The smallest absolute Gasteiger partial charge is 0.252 e. The van der Waals surface area contributed by atoms with Crippen molar-refractivity contribution in [2.45, 2.75) is 9.79 Å². The Kier molecular flexibility index (Phi) is 13.7. The van der Waals surface area contributed by atoms with Crippen molar-refractivity contribution in [1.29, 1.82) is 10.5 Å². The number of nitrogens with zero attached hydrogens (tertiary/aromatic N) is 7. The topological polar surface area (TPSA) is 63.8 Å². The lowest BCUT2D eigenvalue weighted by atomic mass is 9.31. The van der Waals surface area contributed by atoms with Crippen LogP contribution in [0, 0.1) is 22.7 Å². The van der Waals surface area contributed by atoms with Crippen molar-refractivity contribution in [3.63, 3.8) is 0 Å². The number of hydrogen-bond donors (Lipinski definition) is 0. The van der Waals surface area contributed by atoms with Gasteiger partial charge in [0.2, 0.25) is 6.71 Å². The summed E-state index contributed by atoms with van der Waals surface area (Å²) >= 11 is 1.85. The van der Waals surface area contributed by atoms with Crippen LogP contribution >= 0.6 is 11.8 Å². The second-order valence-electron chi connectivity index (χ2n) is 24.6. The van der Waals surface area contributed by atoms with Crippen molar-refractivity contribution in [1.82, 2.24) is 0 Å². The molecule has 0 unspecified atom stereocenters. The SMILES string of the molecule is N#Cc1ccc(N2c3ccccc3B3c4cc5c(cc4N(c4ccc(C#N)cc4-c4ccccc4)c4cc(N(c6ccccc6)c6ccccc6)cc2c43)Sc2cc(N(c3ccccc3)c3ccccc3)cc3c2B5c2ccccc2N3c2ccccc2)c(-c2ccccc2)c1. The van der Waals surface area contributed by atoms with Crippen LogP contribution in [0.15, 0.2) is 343 Å². The van der Waals surface area contributed by atoms with E-state index in [1.54, 1.807) is 0 Å². The van der Waals surface area contributed by atoms with E-state index in [1.165, 1.54) is 26.7 Å². The minimum absolute atomic E-state index is 0.164. The van der Waals surface area contributed by atoms with Gasteiger partial charge in [0.15, 0.2) is 0 Å². The number of para-hydroxylation sites is 7. The molecule has 14 aromatic carbocycles. The van der Waals surface area contributed by atoms with Gasteiger partial charge in [-0.05, 0) is 178 Å². The van der Waals surface area contributed by atoms with Gasteiger partial charge in [-0.25, -0.2) is 0 Å². The van der Waals surface area contributed by atoms with E-state index in [-0.39, 0.29) is 13.4 Å². The summed E-state index contributed by atoms with van der Waals surface area (Å²) in [6, 6.07) is 125. The summed E-state index contributed by atoms with van der Waals surface area (Å²) in [5, 5.41) is 21.5. The first-order chi connectivity index (χ1) is 47.6. The van der Waals surface area contributed by atoms with E-state index in [1.807, 2.05) is 36.0 Å². The third kappa shape index (κ3) is 9.22. The van der Waals surface area contributed by atoms with Gasteiger partial charge < -0.3 is 24.5 Å². The zero-order chi connectivity index (χ0) is 63.8. The minimum atomic E-state index is -0.287. The number of fused-ring (bicyclic) bond motifs is 8. The fraction of sp³-hybridized carbons (Fsp3) is 0. The number of hydrogen-bond acceptors (Lipinski definition) is 8. The Labute approximate surface area is 563 Å². The van der Waals surface area contributed by atoms with Gasteiger partial charge in [-0.1, -0.05) is 211 Å². The Morgan fingerprint density at radius 1 is 0.271 bits per heavy atom. The molecule has 7 nitrogen and oxygen atoms in total. The molecule has 0 saturated heterocycles. The standard InChI is InChI=1S/C86H55B2N7S/c89-56-58-44-46-75(69(48-58)60-26-8-1-9-27-60)94-78-43-25-23-41-72(78)87-73-54-74-83(96-84-53-68(92(64-34-16-5-17-35-64)65-36-18-6-19-37-65)52-82-86(84)88(74)71-40-22-24-42-77(71)93(82)66-38-20-7-21-39-66)55-79(73)95(76-47-45-59(57-90)49-70(76)61-28-10-2-11-29-61)81-51-67(50-80(94)85(81)87)91(62-30-12-3-13-31-62)63-32-14-4-15-33-63/h1-55H. The maximum absolute atomic E-state index is 10.8. The molecule has 96 heavy (non-hydrogen) atoms. The molecule has 0 atom stereocenters. The van der Waals surface area contributed by atoms with Crippen LogP contribution in [0.1, 0.15) is 11.1 Å². The average Bonchev–Trinajstić information content (AvgIpc) is 0.688. The van der Waals surface area contributed by atoms with Crippen molar-refractivity contribution >= 4 is 143 Å². The maximum atomic E-state index is 10.8. The Balaban J connectivity index is 0.962. The summed E-state index contributed by atoms with van der Waals surface area (Å²) in [6.45, 7) is -0.451. The summed E-state index contributed by atoms with van der Waals surface area (Å²) < 4.78 is 0. The van der Waals surface area contributed by atoms with Crippen LogP contribution in [0.4, 0.5) is 85.3 Å². The molecule has 0 saturated carbocycles. The van der Waals surface area contributed by atoms with Gasteiger partial charge in [0.1, 0.15) is 0 Å². The van der Waals surface area contributed by atoms with Gasteiger partial charge in [0.25, 0.3) is 6.71 Å². The summed E-state index contributed by atoms with van der Waals surface area (Å²) in [5.41, 5.74) is 27.7. The molecule has 4 heterocycles. The lowest BCUT2D eigenvalue weighted by Gasteiger charge is -2.46. The molecule has 18 rings (SSSR count). The van der Waals surface area contributed by atoms with Crippen LogP contribution in [0.2, 0.25) is 0 Å². The fourth-order valence-electron chi connectivity index (χ4n) is 15.2. The maximum Gasteiger partial charge on any atom is 0.252 e. The number of benzene rings is 14. The van der Waals surface area contributed by atoms with Crippen molar-refractivity contribution in [2.24, 2.45) is 0 Å². The molecule has 14 aromatic rings. The predicted octanol–water partition coefficient (Wildman–Crippen LogP) is 18.6. The second-order valence-corrected chi connectivity index (χ2v) is 25.7. The van der Waals surface area contributed by atoms with Crippen LogP contribution in [0.5, 0.6) is 0 Å². The van der Waals surface area contributed by atoms with Gasteiger partial charge in [-0.2, -0.15) is 10.5 Å². The lowest BCUT2D eigenvalue weighted by molar-refractivity contribution is 1.22. The van der Waals surface area contributed by atoms with Gasteiger partial charge in [0, 0.05) is 89.2 Å². The third-order valence-corrected chi connectivity index (χ3v) is 20.4. The van der Waals surface area contributed by atoms with Crippen molar-refractivity contribution in [3.8, 4) is 34.4 Å². The van der Waals surface area contributed by atoms with E-state index >= 15 is 0 Å². The van der Waals surface area contributed by atoms with E-state index in [0.29, 0.717) is 11.1 Å². The zero-order valence-electron chi connectivity index (χ0n) is 51.9. The molecule has 0 amide bonds. The predicted molar refractivity (Wildman–Crippen MR) is 400 cm³/mol. The summed E-state index contributed by atoms with van der Waals surface area (Å²) in [6.07, 6.45) is 0. The highest BCUT2D eigenvalue weighted by molar-refractivity contribution is 8.00. The molecular formula is C86H55B2N7S. The van der Waals surface area contributed by atoms with Gasteiger partial charge in [-0.15, -0.1) is 0 Å². The molecule has 0 aromatic heterocycles. The molecule has 0 fully saturated rings. The number of anilines is 15. The van der Waals surface area contributed by atoms with Crippen LogP contribution < -0.4 is 57.3 Å². The third-order valence-electron chi connectivity index (χ3n) is 19.2. The Bertz CT molecular complexity index is 5380. The van der Waals surface area contributed by atoms with E-state index in [0.717, 1.165) is 123 Å². The molecule has 4 aliphatic rings. The average molecular weight is 1240 g/mol. The first-order valence-electron chi connectivity index (χ1n) is 32.4. The largest absolute Gasteiger partial charge is 0.311 e. The van der Waals surface area contributed by atoms with Crippen molar-refractivity contribution in [3.05, 3.63) is 345 Å². The fourth-order valence-corrected chi connectivity index (χ4v) is 16.5. The summed E-state index contributed by atoms with van der Waals surface area (Å²) in [5.74, 6) is 0. The monoisotopic (exact) mass is 1240 g/mol. The molecule has 0 spiro atoms. The molecular weight excluding hydrogens is 1180 g/mol. The molecule has 10 heteroatoms. The quantitative estimate of drug-likeness (QED) is 0.119. The summed E-state index contributed by atoms with van der Waals surface area (Å²) in [7, 11) is 0. The van der Waals surface area contributed by atoms with Gasteiger partial charge in [-0.3, -0.25) is 0 Å². The van der Waals surface area contributed by atoms with Crippen LogP contribution in [-0.2, 0) is 0 Å². The number of nitriles is 2. The highest BCUT2D eigenvalue weighted by atomic mass is 32.2. The summed E-state index contributed by atoms with van der Waals surface area (Å²) in [4.78, 5) is 14.6. The highest BCUT2D eigenvalue weighted by Gasteiger charge is 2.48. The van der Waals surface area contributed by atoms with Gasteiger partial charge >= 0.3 is 0 Å². The Morgan fingerprint density at radius 2 is 0.656 bits per heavy atom. The van der Waals surface area contributed by atoms with E-state index in [4.69, 9.17) is 0 Å². The van der Waals surface area contributed by atoms with Crippen molar-refractivity contribution < 1.29 is 0 Å². The molecule has 446 valence electrons. The van der Waals surface area contributed by atoms with Crippen LogP contribution in [-0.4, -0.2) is 13.4 Å². The highest BCUT2D eigenvalue weighted by Crippen LogP contribution is 2.53. The lowest BCUT2D eigenvalue weighted by Crippen LogP contribution is -2.64. The zero-order valence-corrected chi connectivity index (χ0v) is 52.8. The van der Waals surface area contributed by atoms with E-state index in [9.17, 15) is 10.5 Å². The molecule has 0 bridgehead atoms. The van der Waals surface area contributed by atoms with E-state index in [2.05, 4.69) is 346 Å². The first-order valence-corrected chi connectivity index (χ1v) is 33.2. The van der Waals surface area contributed by atoms with Crippen molar-refractivity contribution in [2.75, 3.05) is 24.5 Å². The van der Waals surface area contributed by atoms with Crippen LogP contribution in [0.25, 0.3) is 22.3 Å². The minimum Gasteiger partial charge on any atom is -0.311 e. The normalized spacial score (nSPS) is 12.6. The van der Waals surface area contributed by atoms with Gasteiger partial charge in [0.05, 0.1) is 40.3 Å². The molecule has 0 radical (unpaired) electrons. The Hall–Kier alpha value is -12.5.